The molecule has 2 heterocycles. The van der Waals surface area contributed by atoms with E-state index in [-0.39, 0.29) is 0 Å². The van der Waals surface area contributed by atoms with Crippen molar-refractivity contribution < 1.29 is 4.42 Å². The van der Waals surface area contributed by atoms with Gasteiger partial charge in [0.25, 0.3) is 0 Å². The summed E-state index contributed by atoms with van der Waals surface area (Å²) in [5.41, 5.74) is 15.4. The van der Waals surface area contributed by atoms with Crippen molar-refractivity contribution in [1.82, 2.24) is 4.57 Å². The molecule has 0 aliphatic carbocycles. The molecule has 14 aromatic rings. The van der Waals surface area contributed by atoms with E-state index in [4.69, 9.17) is 4.42 Å². The van der Waals surface area contributed by atoms with Gasteiger partial charge in [0.1, 0.15) is 11.2 Å². The van der Waals surface area contributed by atoms with E-state index in [1.165, 1.54) is 54.1 Å². The van der Waals surface area contributed by atoms with Gasteiger partial charge in [0.05, 0.1) is 16.7 Å². The SMILES string of the molecule is c1cc(-c2ccc(N(c3cccc(-c4ccccc4-n4c5ccccc5c5ccccc54)c3)c3ccc4c5ccccc5c5ccccc5c4c3)cc2)cc(-c2cccc3c2oc2ccccc23)c1. The Hall–Kier alpha value is -9.18. The second-order valence-electron chi connectivity index (χ2n) is 18.0. The molecule has 322 valence electrons. The number of anilines is 3. The lowest BCUT2D eigenvalue weighted by atomic mass is 9.94. The molecule has 3 nitrogen and oxygen atoms in total. The maximum atomic E-state index is 6.47. The van der Waals surface area contributed by atoms with E-state index in [2.05, 4.69) is 252 Å². The molecule has 12 aromatic carbocycles. The van der Waals surface area contributed by atoms with Crippen LogP contribution >= 0.6 is 0 Å². The van der Waals surface area contributed by atoms with Gasteiger partial charge in [0.2, 0.25) is 0 Å². The summed E-state index contributed by atoms with van der Waals surface area (Å²) in [4.78, 5) is 2.42. The van der Waals surface area contributed by atoms with Gasteiger partial charge in [-0.15, -0.1) is 0 Å². The van der Waals surface area contributed by atoms with Crippen molar-refractivity contribution in [2.45, 2.75) is 0 Å². The Balaban J connectivity index is 0.923. The van der Waals surface area contributed by atoms with Crippen LogP contribution in [0, 0.1) is 0 Å². The maximum absolute atomic E-state index is 6.47. The van der Waals surface area contributed by atoms with Crippen LogP contribution in [0.25, 0.3) is 115 Å². The summed E-state index contributed by atoms with van der Waals surface area (Å²) in [7, 11) is 0. The lowest BCUT2D eigenvalue weighted by Crippen LogP contribution is -2.10. The number of hydrogen-bond donors (Lipinski definition) is 0. The molecular weight excluding hydrogens is 837 g/mol. The molecule has 14 rings (SSSR count). The van der Waals surface area contributed by atoms with Crippen LogP contribution in [0.5, 0.6) is 0 Å². The van der Waals surface area contributed by atoms with Crippen molar-refractivity contribution in [3.8, 4) is 39.1 Å². The van der Waals surface area contributed by atoms with Gasteiger partial charge in [-0.05, 0) is 121 Å². The molecule has 2 aromatic heterocycles. The second kappa shape index (κ2) is 15.7. The van der Waals surface area contributed by atoms with Crippen molar-refractivity contribution in [2.75, 3.05) is 4.90 Å². The minimum atomic E-state index is 0.905. The van der Waals surface area contributed by atoms with Crippen molar-refractivity contribution in [3.05, 3.63) is 255 Å². The summed E-state index contributed by atoms with van der Waals surface area (Å²) in [6.45, 7) is 0. The van der Waals surface area contributed by atoms with Gasteiger partial charge >= 0.3 is 0 Å². The number of aromatic nitrogens is 1. The van der Waals surface area contributed by atoms with Crippen LogP contribution in [-0.4, -0.2) is 4.57 Å². The third kappa shape index (κ3) is 6.29. The predicted octanol–water partition coefficient (Wildman–Crippen LogP) is 18.6. The number of nitrogens with zero attached hydrogens (tertiary/aromatic N) is 2. The quantitative estimate of drug-likeness (QED) is 0.149. The van der Waals surface area contributed by atoms with Crippen LogP contribution in [0.3, 0.4) is 0 Å². The minimum absolute atomic E-state index is 0.905. The van der Waals surface area contributed by atoms with E-state index < -0.39 is 0 Å². The van der Waals surface area contributed by atoms with Gasteiger partial charge in [-0.25, -0.2) is 0 Å². The lowest BCUT2D eigenvalue weighted by molar-refractivity contribution is 0.670. The molecule has 0 atom stereocenters. The highest BCUT2D eigenvalue weighted by Gasteiger charge is 2.20. The number of benzene rings is 12. The molecular formula is C66H42N2O. The largest absolute Gasteiger partial charge is 0.455 e. The molecule has 0 amide bonds. The Morgan fingerprint density at radius 3 is 1.49 bits per heavy atom. The normalized spacial score (nSPS) is 11.8. The summed E-state index contributed by atoms with van der Waals surface area (Å²) in [6.07, 6.45) is 0. The minimum Gasteiger partial charge on any atom is -0.455 e. The molecule has 0 saturated carbocycles. The highest BCUT2D eigenvalue weighted by molar-refractivity contribution is 6.26. The molecule has 0 unspecified atom stereocenters. The second-order valence-corrected chi connectivity index (χ2v) is 18.0. The number of hydrogen-bond acceptors (Lipinski definition) is 2. The Kier molecular flexibility index (Phi) is 8.90. The zero-order valence-corrected chi connectivity index (χ0v) is 37.6. The summed E-state index contributed by atoms with van der Waals surface area (Å²) in [5, 5.41) is 12.3. The van der Waals surface area contributed by atoms with E-state index in [0.717, 1.165) is 78.1 Å². The molecule has 0 radical (unpaired) electrons. The third-order valence-corrected chi connectivity index (χ3v) is 14.2. The monoisotopic (exact) mass is 878 g/mol. The smallest absolute Gasteiger partial charge is 0.143 e. The van der Waals surface area contributed by atoms with E-state index >= 15 is 0 Å². The van der Waals surface area contributed by atoms with Crippen LogP contribution in [0.1, 0.15) is 0 Å². The molecule has 0 aliphatic heterocycles. The molecule has 0 fully saturated rings. The highest BCUT2D eigenvalue weighted by atomic mass is 16.3. The summed E-state index contributed by atoms with van der Waals surface area (Å²) in [5.74, 6) is 0. The molecule has 3 heteroatoms. The topological polar surface area (TPSA) is 21.3 Å². The van der Waals surface area contributed by atoms with Crippen molar-refractivity contribution >= 4 is 93.1 Å². The fourth-order valence-corrected chi connectivity index (χ4v) is 11.0. The predicted molar refractivity (Wildman–Crippen MR) is 292 cm³/mol. The Bertz CT molecular complexity index is 4240. The summed E-state index contributed by atoms with van der Waals surface area (Å²) >= 11 is 0. The Labute approximate surface area is 399 Å². The van der Waals surface area contributed by atoms with Crippen LogP contribution < -0.4 is 4.90 Å². The van der Waals surface area contributed by atoms with Gasteiger partial charge in [0, 0.05) is 49.7 Å². The zero-order valence-electron chi connectivity index (χ0n) is 37.6. The van der Waals surface area contributed by atoms with Crippen LogP contribution in [0.15, 0.2) is 259 Å². The first-order chi connectivity index (χ1) is 34.2. The molecule has 0 saturated heterocycles. The standard InChI is InChI=1S/C66H42N2O/c1-2-23-54-52(21-1)53-22-3-4-24-55(53)61-42-49(38-39-56(54)61)67(47-36-34-43(35-37-47)44-16-13-17-45(40-44)51-28-15-29-60-59-27-8-12-33-65(59)69-66(51)60)48-19-14-18-46(41-48)50-20-5-9-30-62(50)68-63-31-10-6-25-57(63)58-26-7-11-32-64(58)68/h1-42H. The fourth-order valence-electron chi connectivity index (χ4n) is 11.0. The Morgan fingerprint density at radius 1 is 0.275 bits per heavy atom. The molecule has 0 N–H and O–H groups in total. The van der Waals surface area contributed by atoms with E-state index in [0.29, 0.717) is 0 Å². The first-order valence-corrected chi connectivity index (χ1v) is 23.7. The van der Waals surface area contributed by atoms with Gasteiger partial charge in [-0.2, -0.15) is 0 Å². The van der Waals surface area contributed by atoms with Gasteiger partial charge in [-0.1, -0.05) is 188 Å². The van der Waals surface area contributed by atoms with E-state index in [1.54, 1.807) is 0 Å². The average molecular weight is 879 g/mol. The Morgan fingerprint density at radius 2 is 0.768 bits per heavy atom. The summed E-state index contributed by atoms with van der Waals surface area (Å²) < 4.78 is 8.89. The number of fused-ring (bicyclic) bond motifs is 12. The van der Waals surface area contributed by atoms with E-state index in [1.807, 2.05) is 12.1 Å². The summed E-state index contributed by atoms with van der Waals surface area (Å²) in [6, 6.07) is 92.5. The molecule has 69 heavy (non-hydrogen) atoms. The van der Waals surface area contributed by atoms with Gasteiger partial charge < -0.3 is 13.9 Å². The van der Waals surface area contributed by atoms with Crippen LogP contribution in [0.2, 0.25) is 0 Å². The zero-order chi connectivity index (χ0) is 45.4. The van der Waals surface area contributed by atoms with Crippen molar-refractivity contribution in [2.24, 2.45) is 0 Å². The van der Waals surface area contributed by atoms with Crippen LogP contribution in [-0.2, 0) is 0 Å². The maximum Gasteiger partial charge on any atom is 0.143 e. The van der Waals surface area contributed by atoms with Gasteiger partial charge in [-0.3, -0.25) is 0 Å². The number of para-hydroxylation sites is 5. The number of furan rings is 1. The average Bonchev–Trinajstić information content (AvgIpc) is 3.97. The van der Waals surface area contributed by atoms with Gasteiger partial charge in [0.15, 0.2) is 0 Å². The fraction of sp³-hybridized carbons (Fsp3) is 0. The van der Waals surface area contributed by atoms with Crippen molar-refractivity contribution in [1.29, 1.82) is 0 Å². The molecule has 0 spiro atoms. The first-order valence-electron chi connectivity index (χ1n) is 23.7. The third-order valence-electron chi connectivity index (χ3n) is 14.2. The number of rotatable bonds is 7. The first kappa shape index (κ1) is 39.0. The van der Waals surface area contributed by atoms with E-state index in [9.17, 15) is 0 Å². The van der Waals surface area contributed by atoms with Crippen molar-refractivity contribution in [3.63, 3.8) is 0 Å². The molecule has 0 bridgehead atoms. The van der Waals surface area contributed by atoms with Crippen LogP contribution in [0.4, 0.5) is 17.1 Å². The highest BCUT2D eigenvalue weighted by Crippen LogP contribution is 2.44. The lowest BCUT2D eigenvalue weighted by Gasteiger charge is -2.27. The molecule has 0 aliphatic rings.